The highest BCUT2D eigenvalue weighted by Gasteiger charge is 2.43. The number of benzene rings is 1. The lowest BCUT2D eigenvalue weighted by molar-refractivity contribution is -0.124. The number of nitrogens with one attached hydrogen (secondary N) is 4. The highest BCUT2D eigenvalue weighted by Crippen LogP contribution is 2.44. The van der Waals surface area contributed by atoms with Gasteiger partial charge in [0.05, 0.1) is 6.04 Å². The van der Waals surface area contributed by atoms with Crippen LogP contribution in [0.5, 0.6) is 0 Å². The van der Waals surface area contributed by atoms with Gasteiger partial charge in [0.2, 0.25) is 5.91 Å². The minimum Gasteiger partial charge on any atom is -0.348 e. The van der Waals surface area contributed by atoms with E-state index in [0.29, 0.717) is 12.0 Å². The molecule has 4 unspecified atom stereocenters. The molecule has 1 aliphatic carbocycles. The second-order valence-corrected chi connectivity index (χ2v) is 7.77. The molecule has 2 aliphatic heterocycles. The van der Waals surface area contributed by atoms with E-state index < -0.39 is 0 Å². The van der Waals surface area contributed by atoms with Crippen molar-refractivity contribution in [1.82, 2.24) is 21.5 Å². The number of amides is 1. The van der Waals surface area contributed by atoms with Crippen LogP contribution in [-0.4, -0.2) is 31.1 Å². The Kier molecular flexibility index (Phi) is 3.67. The van der Waals surface area contributed by atoms with Crippen LogP contribution in [-0.2, 0) is 10.2 Å². The van der Waals surface area contributed by atoms with Crippen molar-refractivity contribution in [3.8, 4) is 0 Å². The zero-order chi connectivity index (χ0) is 16.0. The van der Waals surface area contributed by atoms with Gasteiger partial charge in [-0.3, -0.25) is 10.2 Å². The molecule has 0 spiro atoms. The highest BCUT2D eigenvalue weighted by molar-refractivity contribution is 5.83. The maximum atomic E-state index is 12.8. The smallest absolute Gasteiger partial charge is 0.239 e. The lowest BCUT2D eigenvalue weighted by Gasteiger charge is -2.28. The van der Waals surface area contributed by atoms with Crippen molar-refractivity contribution in [1.29, 1.82) is 0 Å². The van der Waals surface area contributed by atoms with Gasteiger partial charge >= 0.3 is 0 Å². The van der Waals surface area contributed by atoms with E-state index in [2.05, 4.69) is 59.6 Å². The van der Waals surface area contributed by atoms with Crippen LogP contribution in [0.1, 0.15) is 43.9 Å². The summed E-state index contributed by atoms with van der Waals surface area (Å²) in [6, 6.07) is 8.87. The van der Waals surface area contributed by atoms with E-state index in [1.54, 1.807) is 0 Å². The highest BCUT2D eigenvalue weighted by atomic mass is 16.2. The summed E-state index contributed by atoms with van der Waals surface area (Å²) in [6.07, 6.45) is 2.03. The predicted molar refractivity (Wildman–Crippen MR) is 89.8 cm³/mol. The molecule has 4 rings (SSSR count). The van der Waals surface area contributed by atoms with E-state index >= 15 is 0 Å². The van der Waals surface area contributed by atoms with Crippen molar-refractivity contribution in [2.45, 2.75) is 50.2 Å². The molecule has 23 heavy (non-hydrogen) atoms. The van der Waals surface area contributed by atoms with Gasteiger partial charge in [0.1, 0.15) is 6.04 Å². The van der Waals surface area contributed by atoms with Crippen molar-refractivity contribution in [3.05, 3.63) is 35.4 Å². The van der Waals surface area contributed by atoms with Gasteiger partial charge in [0, 0.05) is 18.5 Å². The minimum absolute atomic E-state index is 0.116. The third-order valence-electron chi connectivity index (χ3n) is 5.76. The first-order valence-electron chi connectivity index (χ1n) is 8.68. The Balaban J connectivity index is 1.50. The van der Waals surface area contributed by atoms with Crippen molar-refractivity contribution < 1.29 is 4.79 Å². The predicted octanol–water partition coefficient (Wildman–Crippen LogP) is 0.980. The van der Waals surface area contributed by atoms with Crippen LogP contribution in [0.3, 0.4) is 0 Å². The Morgan fingerprint density at radius 2 is 2.09 bits per heavy atom. The van der Waals surface area contributed by atoms with Gasteiger partial charge in [0.25, 0.3) is 0 Å². The summed E-state index contributed by atoms with van der Waals surface area (Å²) in [5, 5.41) is 6.70. The molecule has 124 valence electrons. The summed E-state index contributed by atoms with van der Waals surface area (Å²) < 4.78 is 0. The standard InChI is InChI=1S/C18H26N4O/c1-18(2)9-15(11-5-3-4-6-13(11)18)20-17(23)16-12-10-19-8-7-14(12)21-22-16/h3-6,12,14-16,19,21-22H,7-10H2,1-2H3,(H,20,23). The van der Waals surface area contributed by atoms with Gasteiger partial charge in [-0.1, -0.05) is 38.1 Å². The van der Waals surface area contributed by atoms with Crippen LogP contribution >= 0.6 is 0 Å². The molecule has 0 radical (unpaired) electrons. The largest absolute Gasteiger partial charge is 0.348 e. The van der Waals surface area contributed by atoms with Crippen LogP contribution in [0.2, 0.25) is 0 Å². The number of rotatable bonds is 2. The summed E-state index contributed by atoms with van der Waals surface area (Å²) in [5.41, 5.74) is 9.26. The normalized spacial score (nSPS) is 34.7. The van der Waals surface area contributed by atoms with Crippen LogP contribution in [0, 0.1) is 5.92 Å². The third-order valence-corrected chi connectivity index (χ3v) is 5.76. The quantitative estimate of drug-likeness (QED) is 0.657. The average Bonchev–Trinajstić information content (AvgIpc) is 3.08. The van der Waals surface area contributed by atoms with Gasteiger partial charge in [-0.25, -0.2) is 5.43 Å². The van der Waals surface area contributed by atoms with Gasteiger partial charge in [-0.15, -0.1) is 0 Å². The SMILES string of the molecule is CC1(C)CC(NC(=O)C2NNC3CCNCC32)c2ccccc21. The first kappa shape index (κ1) is 15.1. The van der Waals surface area contributed by atoms with Gasteiger partial charge in [-0.2, -0.15) is 0 Å². The molecule has 1 amide bonds. The second-order valence-electron chi connectivity index (χ2n) is 7.77. The van der Waals surface area contributed by atoms with Crippen LogP contribution < -0.4 is 21.5 Å². The topological polar surface area (TPSA) is 65.2 Å². The monoisotopic (exact) mass is 314 g/mol. The number of carbonyl (C=O) groups excluding carboxylic acids is 1. The molecule has 4 atom stereocenters. The molecule has 1 aromatic rings. The molecule has 0 bridgehead atoms. The third kappa shape index (κ3) is 2.57. The van der Waals surface area contributed by atoms with E-state index in [9.17, 15) is 4.79 Å². The number of carbonyl (C=O) groups is 1. The van der Waals surface area contributed by atoms with E-state index in [0.717, 1.165) is 25.9 Å². The molecule has 2 saturated heterocycles. The maximum Gasteiger partial charge on any atom is 0.239 e. The van der Waals surface area contributed by atoms with Crippen molar-refractivity contribution >= 4 is 5.91 Å². The molecule has 0 saturated carbocycles. The average molecular weight is 314 g/mol. The molecular weight excluding hydrogens is 288 g/mol. The summed E-state index contributed by atoms with van der Waals surface area (Å²) in [7, 11) is 0. The zero-order valence-electron chi connectivity index (χ0n) is 13.9. The van der Waals surface area contributed by atoms with Gasteiger partial charge in [0.15, 0.2) is 0 Å². The number of fused-ring (bicyclic) bond motifs is 2. The van der Waals surface area contributed by atoms with E-state index in [4.69, 9.17) is 0 Å². The van der Waals surface area contributed by atoms with Gasteiger partial charge in [-0.05, 0) is 35.9 Å². The van der Waals surface area contributed by atoms with Gasteiger partial charge < -0.3 is 10.6 Å². The molecule has 4 N–H and O–H groups in total. The number of hydrogen-bond donors (Lipinski definition) is 4. The maximum absolute atomic E-state index is 12.8. The Hall–Kier alpha value is -1.43. The zero-order valence-corrected chi connectivity index (χ0v) is 13.9. The number of piperidine rings is 1. The summed E-state index contributed by atoms with van der Waals surface area (Å²) in [6.45, 7) is 6.44. The summed E-state index contributed by atoms with van der Waals surface area (Å²) in [5.74, 6) is 0.444. The fourth-order valence-corrected chi connectivity index (χ4v) is 4.51. The Morgan fingerprint density at radius 1 is 1.26 bits per heavy atom. The minimum atomic E-state index is -0.149. The van der Waals surface area contributed by atoms with Crippen molar-refractivity contribution in [3.63, 3.8) is 0 Å². The van der Waals surface area contributed by atoms with E-state index in [1.165, 1.54) is 11.1 Å². The lowest BCUT2D eigenvalue weighted by atomic mass is 9.86. The first-order chi connectivity index (χ1) is 11.1. The van der Waals surface area contributed by atoms with E-state index in [-0.39, 0.29) is 23.4 Å². The van der Waals surface area contributed by atoms with Crippen molar-refractivity contribution in [2.75, 3.05) is 13.1 Å². The fourth-order valence-electron chi connectivity index (χ4n) is 4.51. The first-order valence-corrected chi connectivity index (χ1v) is 8.68. The molecule has 5 nitrogen and oxygen atoms in total. The molecular formula is C18H26N4O. The van der Waals surface area contributed by atoms with E-state index in [1.807, 2.05) is 0 Å². The van der Waals surface area contributed by atoms with Crippen LogP contribution in [0.25, 0.3) is 0 Å². The van der Waals surface area contributed by atoms with Crippen molar-refractivity contribution in [2.24, 2.45) is 5.92 Å². The van der Waals surface area contributed by atoms with Crippen LogP contribution in [0.15, 0.2) is 24.3 Å². The summed E-state index contributed by atoms with van der Waals surface area (Å²) >= 11 is 0. The van der Waals surface area contributed by atoms with Crippen LogP contribution in [0.4, 0.5) is 0 Å². The second kappa shape index (κ2) is 5.58. The lowest BCUT2D eigenvalue weighted by Crippen LogP contribution is -2.49. The molecule has 1 aromatic carbocycles. The molecule has 3 aliphatic rings. The number of hydrazine groups is 1. The number of hydrogen-bond acceptors (Lipinski definition) is 4. The molecule has 5 heteroatoms. The summed E-state index contributed by atoms with van der Waals surface area (Å²) in [4.78, 5) is 12.8. The fraction of sp³-hybridized carbons (Fsp3) is 0.611. The Bertz CT molecular complexity index is 615. The Labute approximate surface area is 137 Å². The molecule has 2 heterocycles. The Morgan fingerprint density at radius 3 is 2.96 bits per heavy atom. The molecule has 2 fully saturated rings. The molecule has 0 aromatic heterocycles.